The molecule has 3 amide bonds. The molecular weight excluding hydrogens is 354 g/mol. The average molecular weight is 379 g/mol. The van der Waals surface area contributed by atoms with Gasteiger partial charge in [0.05, 0.1) is 6.54 Å². The zero-order valence-corrected chi connectivity index (χ0v) is 16.3. The molecule has 1 saturated heterocycles. The number of rotatable bonds is 4. The van der Waals surface area contributed by atoms with Crippen molar-refractivity contribution in [3.63, 3.8) is 0 Å². The maximum Gasteiger partial charge on any atom is 0.253 e. The Hall–Kier alpha value is -3.15. The Morgan fingerprint density at radius 2 is 1.39 bits per heavy atom. The van der Waals surface area contributed by atoms with Crippen LogP contribution in [0.5, 0.6) is 0 Å². The van der Waals surface area contributed by atoms with E-state index in [0.29, 0.717) is 37.3 Å². The highest BCUT2D eigenvalue weighted by Gasteiger charge is 2.25. The number of carbonyl (C=O) groups excluding carboxylic acids is 3. The Morgan fingerprint density at radius 1 is 0.821 bits per heavy atom. The monoisotopic (exact) mass is 379 g/mol. The second-order valence-electron chi connectivity index (χ2n) is 7.10. The van der Waals surface area contributed by atoms with E-state index < -0.39 is 0 Å². The smallest absolute Gasteiger partial charge is 0.253 e. The molecule has 1 N–H and O–H groups in total. The quantitative estimate of drug-likeness (QED) is 0.884. The summed E-state index contributed by atoms with van der Waals surface area (Å²) in [5.41, 5.74) is 3.23. The molecule has 3 rings (SSSR count). The zero-order chi connectivity index (χ0) is 20.1. The van der Waals surface area contributed by atoms with Crippen molar-refractivity contribution in [3.05, 3.63) is 70.8 Å². The Bertz CT molecular complexity index is 852. The zero-order valence-electron chi connectivity index (χ0n) is 16.3. The first-order valence-electron chi connectivity index (χ1n) is 9.42. The molecule has 0 unspecified atom stereocenters. The van der Waals surface area contributed by atoms with Crippen LogP contribution in [-0.2, 0) is 4.79 Å². The molecule has 0 aromatic heterocycles. The van der Waals surface area contributed by atoms with Gasteiger partial charge in [0.2, 0.25) is 5.91 Å². The number of hydrogen-bond acceptors (Lipinski definition) is 3. The van der Waals surface area contributed by atoms with Crippen LogP contribution in [0.25, 0.3) is 0 Å². The van der Waals surface area contributed by atoms with Gasteiger partial charge in [0, 0.05) is 37.3 Å². The van der Waals surface area contributed by atoms with Crippen molar-refractivity contribution in [1.82, 2.24) is 15.1 Å². The average Bonchev–Trinajstić information content (AvgIpc) is 2.71. The van der Waals surface area contributed by atoms with Gasteiger partial charge in [0.15, 0.2) is 0 Å². The van der Waals surface area contributed by atoms with Crippen LogP contribution in [-0.4, -0.2) is 60.2 Å². The fourth-order valence-electron chi connectivity index (χ4n) is 3.40. The van der Waals surface area contributed by atoms with Crippen LogP contribution in [0.15, 0.2) is 48.5 Å². The van der Waals surface area contributed by atoms with Crippen LogP contribution in [0, 0.1) is 13.8 Å². The van der Waals surface area contributed by atoms with Crippen LogP contribution in [0.4, 0.5) is 0 Å². The molecule has 2 aromatic carbocycles. The molecular formula is C22H25N3O3. The third kappa shape index (κ3) is 4.76. The lowest BCUT2D eigenvalue weighted by molar-refractivity contribution is -0.131. The molecule has 2 aromatic rings. The van der Waals surface area contributed by atoms with Crippen molar-refractivity contribution in [1.29, 1.82) is 0 Å². The van der Waals surface area contributed by atoms with Gasteiger partial charge < -0.3 is 15.1 Å². The summed E-state index contributed by atoms with van der Waals surface area (Å²) in [5, 5.41) is 2.70. The van der Waals surface area contributed by atoms with E-state index in [1.54, 1.807) is 34.1 Å². The number of hydrogen-bond donors (Lipinski definition) is 1. The summed E-state index contributed by atoms with van der Waals surface area (Å²) < 4.78 is 0. The van der Waals surface area contributed by atoms with E-state index in [-0.39, 0.29) is 24.3 Å². The van der Waals surface area contributed by atoms with Gasteiger partial charge in [0.1, 0.15) is 0 Å². The summed E-state index contributed by atoms with van der Waals surface area (Å²) >= 11 is 0. The van der Waals surface area contributed by atoms with Gasteiger partial charge in [-0.15, -0.1) is 0 Å². The molecule has 1 aliphatic rings. The lowest BCUT2D eigenvalue weighted by Crippen LogP contribution is -2.52. The molecule has 0 aliphatic carbocycles. The van der Waals surface area contributed by atoms with Gasteiger partial charge in [-0.25, -0.2) is 0 Å². The molecule has 0 bridgehead atoms. The maximum absolute atomic E-state index is 12.5. The normalized spacial score (nSPS) is 13.9. The van der Waals surface area contributed by atoms with Crippen molar-refractivity contribution in [2.75, 3.05) is 32.7 Å². The predicted molar refractivity (Wildman–Crippen MR) is 107 cm³/mol. The summed E-state index contributed by atoms with van der Waals surface area (Å²) in [6, 6.07) is 14.8. The van der Waals surface area contributed by atoms with Crippen LogP contribution in [0.1, 0.15) is 31.8 Å². The maximum atomic E-state index is 12.5. The molecule has 0 saturated carbocycles. The van der Waals surface area contributed by atoms with Crippen LogP contribution in [0.2, 0.25) is 0 Å². The molecule has 6 heteroatoms. The number of carbonyl (C=O) groups is 3. The molecule has 146 valence electrons. The van der Waals surface area contributed by atoms with Crippen molar-refractivity contribution in [3.8, 4) is 0 Å². The van der Waals surface area contributed by atoms with Gasteiger partial charge in [-0.1, -0.05) is 35.4 Å². The number of nitrogens with zero attached hydrogens (tertiary/aromatic N) is 2. The summed E-state index contributed by atoms with van der Waals surface area (Å²) in [5.74, 6) is -0.404. The molecule has 6 nitrogen and oxygen atoms in total. The third-order valence-electron chi connectivity index (χ3n) is 4.82. The summed E-state index contributed by atoms with van der Waals surface area (Å²) in [6.45, 7) is 5.75. The topological polar surface area (TPSA) is 69.7 Å². The number of piperazine rings is 1. The number of aryl methyl sites for hydroxylation is 2. The SMILES string of the molecule is Cc1cc(C)cc(C(=O)NCC(=O)N2CCN(C(=O)c3ccccc3)CC2)c1. The Morgan fingerprint density at radius 3 is 2.00 bits per heavy atom. The van der Waals surface area contributed by atoms with Gasteiger partial charge >= 0.3 is 0 Å². The van der Waals surface area contributed by atoms with Crippen molar-refractivity contribution >= 4 is 17.7 Å². The van der Waals surface area contributed by atoms with E-state index in [9.17, 15) is 14.4 Å². The Balaban J connectivity index is 1.49. The first kappa shape index (κ1) is 19.6. The summed E-state index contributed by atoms with van der Waals surface area (Å²) in [4.78, 5) is 40.6. The van der Waals surface area contributed by atoms with E-state index in [0.717, 1.165) is 11.1 Å². The minimum Gasteiger partial charge on any atom is -0.343 e. The molecule has 0 spiro atoms. The predicted octanol–water partition coefficient (Wildman–Crippen LogP) is 2.02. The minimum atomic E-state index is -0.252. The van der Waals surface area contributed by atoms with Gasteiger partial charge in [0.25, 0.3) is 11.8 Å². The molecule has 1 heterocycles. The number of nitrogens with one attached hydrogen (secondary N) is 1. The van der Waals surface area contributed by atoms with E-state index >= 15 is 0 Å². The summed E-state index contributed by atoms with van der Waals surface area (Å²) in [6.07, 6.45) is 0. The highest BCUT2D eigenvalue weighted by atomic mass is 16.2. The lowest BCUT2D eigenvalue weighted by Gasteiger charge is -2.34. The number of benzene rings is 2. The lowest BCUT2D eigenvalue weighted by atomic mass is 10.1. The molecule has 28 heavy (non-hydrogen) atoms. The fourth-order valence-corrected chi connectivity index (χ4v) is 3.40. The first-order valence-corrected chi connectivity index (χ1v) is 9.42. The first-order chi connectivity index (χ1) is 13.4. The molecule has 0 radical (unpaired) electrons. The van der Waals surface area contributed by atoms with Crippen molar-refractivity contribution in [2.24, 2.45) is 0 Å². The van der Waals surface area contributed by atoms with Gasteiger partial charge in [-0.3, -0.25) is 14.4 Å². The van der Waals surface area contributed by atoms with Crippen LogP contribution >= 0.6 is 0 Å². The third-order valence-corrected chi connectivity index (χ3v) is 4.82. The molecule has 1 aliphatic heterocycles. The van der Waals surface area contributed by atoms with Crippen LogP contribution in [0.3, 0.4) is 0 Å². The van der Waals surface area contributed by atoms with Gasteiger partial charge in [-0.05, 0) is 38.1 Å². The van der Waals surface area contributed by atoms with Crippen LogP contribution < -0.4 is 5.32 Å². The number of amides is 3. The fraction of sp³-hybridized carbons (Fsp3) is 0.318. The van der Waals surface area contributed by atoms with Crippen molar-refractivity contribution in [2.45, 2.75) is 13.8 Å². The van der Waals surface area contributed by atoms with Gasteiger partial charge in [-0.2, -0.15) is 0 Å². The minimum absolute atomic E-state index is 0.0178. The molecule has 0 atom stereocenters. The second kappa shape index (κ2) is 8.69. The standard InChI is InChI=1S/C22H25N3O3/c1-16-12-17(2)14-19(13-16)21(27)23-15-20(26)24-8-10-25(11-9-24)22(28)18-6-4-3-5-7-18/h3-7,12-14H,8-11,15H2,1-2H3,(H,23,27). The van der Waals surface area contributed by atoms with E-state index in [2.05, 4.69) is 5.32 Å². The van der Waals surface area contributed by atoms with E-state index in [1.807, 2.05) is 38.1 Å². The molecule has 1 fully saturated rings. The summed E-state index contributed by atoms with van der Waals surface area (Å²) in [7, 11) is 0. The highest BCUT2D eigenvalue weighted by Crippen LogP contribution is 2.10. The second-order valence-corrected chi connectivity index (χ2v) is 7.10. The van der Waals surface area contributed by atoms with Crippen molar-refractivity contribution < 1.29 is 14.4 Å². The van der Waals surface area contributed by atoms with E-state index in [4.69, 9.17) is 0 Å². The Kier molecular flexibility index (Phi) is 6.09. The van der Waals surface area contributed by atoms with E-state index in [1.165, 1.54) is 0 Å². The largest absolute Gasteiger partial charge is 0.343 e. The highest BCUT2D eigenvalue weighted by molar-refractivity contribution is 5.97. The Labute approximate surface area is 165 Å².